The minimum atomic E-state index is 0. The average Bonchev–Trinajstić information content (AvgIpc) is 2.24. The van der Waals surface area contributed by atoms with E-state index in [1.54, 1.807) is 12.3 Å². The molecule has 0 saturated heterocycles. The molecule has 0 fully saturated rings. The Morgan fingerprint density at radius 2 is 1.80 bits per heavy atom. The number of rotatable bonds is 0. The molecule has 62 valence electrons. The summed E-state index contributed by atoms with van der Waals surface area (Å²) in [5, 5.41) is 3.54. The van der Waals surface area contributed by atoms with Crippen molar-refractivity contribution in [1.29, 1.82) is 0 Å². The summed E-state index contributed by atoms with van der Waals surface area (Å²) in [5.41, 5.74) is 0.926. The molecule has 0 bridgehead atoms. The van der Waals surface area contributed by atoms with Crippen molar-refractivity contribution in [3.8, 4) is 0 Å². The van der Waals surface area contributed by atoms with Gasteiger partial charge in [0, 0.05) is 6.07 Å². The van der Waals surface area contributed by atoms with Crippen LogP contribution in [0, 0.1) is 6.92 Å². The van der Waals surface area contributed by atoms with E-state index in [4.69, 9.17) is 0 Å². The third kappa shape index (κ3) is 7.21. The molecule has 0 aliphatic heterocycles. The van der Waals surface area contributed by atoms with E-state index in [1.165, 1.54) is 0 Å². The van der Waals surface area contributed by atoms with Gasteiger partial charge in [0.25, 0.3) is 0 Å². The number of aromatic nitrogens is 1. The lowest BCUT2D eigenvalue weighted by Gasteiger charge is -1.62. The fourth-order valence-electron chi connectivity index (χ4n) is 0.273. The number of aryl methyl sites for hydroxylation is 1. The van der Waals surface area contributed by atoms with E-state index in [1.807, 2.05) is 20.8 Å². The van der Waals surface area contributed by atoms with Gasteiger partial charge in [0.05, 0.1) is 5.69 Å². The summed E-state index contributed by atoms with van der Waals surface area (Å²) in [7, 11) is 0. The lowest BCUT2D eigenvalue weighted by atomic mass is 10.5. The molecule has 0 N–H and O–H groups in total. The summed E-state index contributed by atoms with van der Waals surface area (Å²) in [4.78, 5) is 0. The van der Waals surface area contributed by atoms with Crippen molar-refractivity contribution in [3.05, 3.63) is 18.0 Å². The quantitative estimate of drug-likeness (QED) is 0.560. The topological polar surface area (TPSA) is 26.0 Å². The van der Waals surface area contributed by atoms with Gasteiger partial charge in [-0.3, -0.25) is 0 Å². The molecule has 0 aliphatic carbocycles. The van der Waals surface area contributed by atoms with Crippen molar-refractivity contribution < 1.29 is 4.52 Å². The Kier molecular flexibility index (Phi) is 17.8. The smallest absolute Gasteiger partial charge is 0.124 e. The first-order valence-electron chi connectivity index (χ1n) is 2.76. The molecule has 1 heterocycles. The fourth-order valence-corrected chi connectivity index (χ4v) is 0.273. The number of hydrogen-bond donors (Lipinski definition) is 0. The van der Waals surface area contributed by atoms with Gasteiger partial charge in [-0.15, -0.1) is 0 Å². The Hall–Kier alpha value is -0.790. The van der Waals surface area contributed by atoms with E-state index in [-0.39, 0.29) is 14.9 Å². The van der Waals surface area contributed by atoms with Gasteiger partial charge in [-0.1, -0.05) is 33.9 Å². The van der Waals surface area contributed by atoms with E-state index < -0.39 is 0 Å². The van der Waals surface area contributed by atoms with Gasteiger partial charge >= 0.3 is 0 Å². The maximum absolute atomic E-state index is 4.46. The average molecular weight is 145 g/mol. The second-order valence-electron chi connectivity index (χ2n) is 1.14. The van der Waals surface area contributed by atoms with Crippen LogP contribution in [0.25, 0.3) is 0 Å². The second kappa shape index (κ2) is 11.1. The Bertz CT molecular complexity index is 113. The van der Waals surface area contributed by atoms with Crippen LogP contribution in [0.5, 0.6) is 0 Å². The maximum atomic E-state index is 4.46. The summed E-state index contributed by atoms with van der Waals surface area (Å²) < 4.78 is 4.46. The molecule has 0 amide bonds. The molecular formula is C8H19NO. The van der Waals surface area contributed by atoms with Crippen LogP contribution >= 0.6 is 0 Å². The molecular weight excluding hydrogens is 126 g/mol. The minimum Gasteiger partial charge on any atom is -0.365 e. The third-order valence-corrected chi connectivity index (χ3v) is 0.567. The van der Waals surface area contributed by atoms with Gasteiger partial charge in [-0.05, 0) is 6.92 Å². The SMILES string of the molecule is C.C.CC.Cc1ccon1. The molecule has 0 aliphatic rings. The molecule has 2 nitrogen and oxygen atoms in total. The highest BCUT2D eigenvalue weighted by Gasteiger charge is 1.77. The Morgan fingerprint density at radius 3 is 1.90 bits per heavy atom. The predicted octanol–water partition coefficient (Wildman–Crippen LogP) is 3.28. The van der Waals surface area contributed by atoms with Gasteiger partial charge < -0.3 is 4.52 Å². The van der Waals surface area contributed by atoms with Crippen molar-refractivity contribution in [2.24, 2.45) is 0 Å². The zero-order chi connectivity index (χ0) is 6.41. The zero-order valence-corrected chi connectivity index (χ0v) is 5.51. The van der Waals surface area contributed by atoms with Crippen LogP contribution in [0.1, 0.15) is 34.4 Å². The normalized spacial score (nSPS) is 5.90. The lowest BCUT2D eigenvalue weighted by molar-refractivity contribution is 0.415. The highest BCUT2D eigenvalue weighted by Crippen LogP contribution is 1.86. The summed E-state index contributed by atoms with van der Waals surface area (Å²) in [5.74, 6) is 0. The van der Waals surface area contributed by atoms with E-state index >= 15 is 0 Å². The first kappa shape index (κ1) is 16.1. The van der Waals surface area contributed by atoms with Crippen molar-refractivity contribution in [1.82, 2.24) is 5.16 Å². The molecule has 0 aromatic carbocycles. The Morgan fingerprint density at radius 1 is 1.30 bits per heavy atom. The van der Waals surface area contributed by atoms with Gasteiger partial charge in [0.2, 0.25) is 0 Å². The van der Waals surface area contributed by atoms with Crippen LogP contribution in [-0.2, 0) is 0 Å². The molecule has 2 heteroatoms. The summed E-state index contributed by atoms with van der Waals surface area (Å²) in [6.45, 7) is 5.88. The first-order chi connectivity index (χ1) is 3.89. The first-order valence-corrected chi connectivity index (χ1v) is 2.76. The Labute approximate surface area is 64.2 Å². The Balaban J connectivity index is -0.000000114. The van der Waals surface area contributed by atoms with Gasteiger partial charge in [0.15, 0.2) is 0 Å². The largest absolute Gasteiger partial charge is 0.365 e. The van der Waals surface area contributed by atoms with E-state index in [0.29, 0.717) is 0 Å². The zero-order valence-electron chi connectivity index (χ0n) is 5.51. The van der Waals surface area contributed by atoms with Crippen LogP contribution in [0.4, 0.5) is 0 Å². The molecule has 0 saturated carbocycles. The molecule has 0 spiro atoms. The highest BCUT2D eigenvalue weighted by atomic mass is 16.5. The van der Waals surface area contributed by atoms with Crippen molar-refractivity contribution in [2.75, 3.05) is 0 Å². The van der Waals surface area contributed by atoms with Gasteiger partial charge in [-0.2, -0.15) is 0 Å². The summed E-state index contributed by atoms with van der Waals surface area (Å²) in [6, 6.07) is 1.81. The molecule has 10 heavy (non-hydrogen) atoms. The molecule has 1 rings (SSSR count). The predicted molar refractivity (Wildman–Crippen MR) is 46.1 cm³/mol. The number of nitrogens with zero attached hydrogens (tertiary/aromatic N) is 1. The third-order valence-electron chi connectivity index (χ3n) is 0.567. The van der Waals surface area contributed by atoms with E-state index in [9.17, 15) is 0 Å². The summed E-state index contributed by atoms with van der Waals surface area (Å²) in [6.07, 6.45) is 1.55. The maximum Gasteiger partial charge on any atom is 0.124 e. The van der Waals surface area contributed by atoms with Crippen molar-refractivity contribution in [3.63, 3.8) is 0 Å². The molecule has 1 aromatic heterocycles. The minimum absolute atomic E-state index is 0. The monoisotopic (exact) mass is 145 g/mol. The van der Waals surface area contributed by atoms with Gasteiger partial charge in [-0.25, -0.2) is 0 Å². The fraction of sp³-hybridized carbons (Fsp3) is 0.625. The van der Waals surface area contributed by atoms with E-state index in [2.05, 4.69) is 9.68 Å². The van der Waals surface area contributed by atoms with Crippen molar-refractivity contribution in [2.45, 2.75) is 35.6 Å². The molecule has 0 radical (unpaired) electrons. The molecule has 0 atom stereocenters. The summed E-state index contributed by atoms with van der Waals surface area (Å²) >= 11 is 0. The number of hydrogen-bond acceptors (Lipinski definition) is 2. The standard InChI is InChI=1S/C4H5NO.C2H6.2CH4/c1-4-2-3-6-5-4;1-2;;/h2-3H,1H3;1-2H3;2*1H4. The van der Waals surface area contributed by atoms with Crippen LogP contribution in [-0.4, -0.2) is 5.16 Å². The molecule has 0 unspecified atom stereocenters. The molecule has 1 aromatic rings. The van der Waals surface area contributed by atoms with Crippen LogP contribution in [0.2, 0.25) is 0 Å². The van der Waals surface area contributed by atoms with Crippen LogP contribution < -0.4 is 0 Å². The lowest BCUT2D eigenvalue weighted by Crippen LogP contribution is -1.59. The van der Waals surface area contributed by atoms with Gasteiger partial charge in [0.1, 0.15) is 6.26 Å². The van der Waals surface area contributed by atoms with Crippen LogP contribution in [0.3, 0.4) is 0 Å². The van der Waals surface area contributed by atoms with Crippen molar-refractivity contribution >= 4 is 0 Å². The van der Waals surface area contributed by atoms with Crippen LogP contribution in [0.15, 0.2) is 16.9 Å². The van der Waals surface area contributed by atoms with E-state index in [0.717, 1.165) is 5.69 Å². The second-order valence-corrected chi connectivity index (χ2v) is 1.14. The highest BCUT2D eigenvalue weighted by molar-refractivity contribution is 4.89.